The molecule has 1 rings (SSSR count). The van der Waals surface area contributed by atoms with Gasteiger partial charge in [0, 0.05) is 0 Å². The maximum absolute atomic E-state index is 12.6. The Morgan fingerprint density at radius 2 is 1.55 bits per heavy atom. The normalized spacial score (nSPS) is 13.6. The molecule has 0 atom stereocenters. The number of hydrogen-bond donors (Lipinski definition) is 3. The van der Waals surface area contributed by atoms with Crippen LogP contribution < -0.4 is 10.5 Å². The third-order valence-corrected chi connectivity index (χ3v) is 5.66. The number of hydrogen-bond acceptors (Lipinski definition) is 4. The number of sulfonamides is 1. The molecule has 20 heavy (non-hydrogen) atoms. The summed E-state index contributed by atoms with van der Waals surface area (Å²) >= 11 is 0. The highest BCUT2D eigenvalue weighted by atomic mass is 32.2. The van der Waals surface area contributed by atoms with Crippen LogP contribution in [0.2, 0.25) is 0 Å². The third kappa shape index (κ3) is 3.13. The lowest BCUT2D eigenvalue weighted by molar-refractivity contribution is 0.00638. The van der Waals surface area contributed by atoms with Gasteiger partial charge in [0.2, 0.25) is 10.0 Å². The second kappa shape index (κ2) is 5.02. The summed E-state index contributed by atoms with van der Waals surface area (Å²) in [6.07, 6.45) is 0. The second-order valence-electron chi connectivity index (χ2n) is 6.23. The molecule has 114 valence electrons. The van der Waals surface area contributed by atoms with E-state index >= 15 is 0 Å². The predicted octanol–water partition coefficient (Wildman–Crippen LogP) is 1.71. The fourth-order valence-corrected chi connectivity index (χ4v) is 3.64. The van der Waals surface area contributed by atoms with Crippen molar-refractivity contribution in [1.29, 1.82) is 0 Å². The first kappa shape index (κ1) is 16.9. The fourth-order valence-electron chi connectivity index (χ4n) is 1.68. The van der Waals surface area contributed by atoms with Crippen LogP contribution in [-0.2, 0) is 10.0 Å². The third-order valence-electron chi connectivity index (χ3n) is 3.80. The lowest BCUT2D eigenvalue weighted by Crippen LogP contribution is -2.57. The number of aryl methyl sites for hydroxylation is 2. The van der Waals surface area contributed by atoms with Gasteiger partial charge in [-0.2, -0.15) is 0 Å². The van der Waals surface area contributed by atoms with E-state index < -0.39 is 21.2 Å². The molecule has 4 N–H and O–H groups in total. The molecule has 1 aromatic carbocycles. The van der Waals surface area contributed by atoms with Gasteiger partial charge in [0.15, 0.2) is 0 Å². The molecule has 0 bridgehead atoms. The Labute approximate surface area is 121 Å². The van der Waals surface area contributed by atoms with Crippen LogP contribution in [0, 0.1) is 13.8 Å². The van der Waals surface area contributed by atoms with Crippen molar-refractivity contribution in [3.63, 3.8) is 0 Å². The van der Waals surface area contributed by atoms with Crippen molar-refractivity contribution in [2.24, 2.45) is 0 Å². The maximum Gasteiger partial charge on any atom is 0.243 e. The van der Waals surface area contributed by atoms with Crippen LogP contribution in [0.1, 0.15) is 38.8 Å². The van der Waals surface area contributed by atoms with Crippen LogP contribution in [0.5, 0.6) is 0 Å². The number of anilines is 1. The topological polar surface area (TPSA) is 92.4 Å². The van der Waals surface area contributed by atoms with Gasteiger partial charge in [-0.05, 0) is 52.7 Å². The minimum Gasteiger partial charge on any atom is -0.397 e. The van der Waals surface area contributed by atoms with Crippen molar-refractivity contribution < 1.29 is 13.5 Å². The van der Waals surface area contributed by atoms with Gasteiger partial charge >= 0.3 is 0 Å². The number of rotatable bonds is 4. The van der Waals surface area contributed by atoms with Crippen LogP contribution in [-0.4, -0.2) is 24.7 Å². The highest BCUT2D eigenvalue weighted by Gasteiger charge is 2.39. The molecule has 0 spiro atoms. The summed E-state index contributed by atoms with van der Waals surface area (Å²) in [5.74, 6) is 0. The van der Waals surface area contributed by atoms with Crippen molar-refractivity contribution >= 4 is 15.7 Å². The zero-order valence-electron chi connectivity index (χ0n) is 12.9. The van der Waals surface area contributed by atoms with Crippen molar-refractivity contribution in [3.05, 3.63) is 23.3 Å². The van der Waals surface area contributed by atoms with Crippen molar-refractivity contribution in [2.45, 2.75) is 57.6 Å². The minimum absolute atomic E-state index is 0.0785. The van der Waals surface area contributed by atoms with E-state index in [1.807, 2.05) is 0 Å². The average molecular weight is 300 g/mol. The molecule has 0 radical (unpaired) electrons. The molecule has 6 heteroatoms. The molecule has 0 saturated carbocycles. The Hall–Kier alpha value is -1.11. The number of nitrogen functional groups attached to an aromatic ring is 1. The predicted molar refractivity (Wildman–Crippen MR) is 81.0 cm³/mol. The lowest BCUT2D eigenvalue weighted by atomic mass is 9.87. The number of aliphatic hydroxyl groups is 1. The first-order valence-electron chi connectivity index (χ1n) is 6.41. The summed E-state index contributed by atoms with van der Waals surface area (Å²) in [7, 11) is -3.82. The molecule has 0 aromatic heterocycles. The molecule has 5 nitrogen and oxygen atoms in total. The van der Waals surface area contributed by atoms with Gasteiger partial charge in [-0.3, -0.25) is 0 Å². The van der Waals surface area contributed by atoms with Gasteiger partial charge in [0.25, 0.3) is 0 Å². The summed E-state index contributed by atoms with van der Waals surface area (Å²) < 4.78 is 27.7. The van der Waals surface area contributed by atoms with Crippen LogP contribution in [0.15, 0.2) is 17.0 Å². The highest BCUT2D eigenvalue weighted by molar-refractivity contribution is 7.89. The number of nitrogens with two attached hydrogens (primary N) is 1. The molecular formula is C14H24N2O3S. The SMILES string of the molecule is Cc1ccc(C)c(S(=O)(=O)NC(C)(C)C(C)(C)O)c1N. The molecule has 0 aliphatic rings. The first-order chi connectivity index (χ1) is 8.79. The Kier molecular flexibility index (Phi) is 4.25. The van der Waals surface area contributed by atoms with Crippen molar-refractivity contribution in [2.75, 3.05) is 5.73 Å². The molecule has 0 aliphatic heterocycles. The quantitative estimate of drug-likeness (QED) is 0.738. The van der Waals surface area contributed by atoms with E-state index in [-0.39, 0.29) is 10.6 Å². The Bertz CT molecular complexity index is 614. The second-order valence-corrected chi connectivity index (χ2v) is 7.85. The monoisotopic (exact) mass is 300 g/mol. The molecule has 0 fully saturated rings. The van der Waals surface area contributed by atoms with E-state index in [1.54, 1.807) is 53.7 Å². The van der Waals surface area contributed by atoms with Crippen LogP contribution >= 0.6 is 0 Å². The highest BCUT2D eigenvalue weighted by Crippen LogP contribution is 2.29. The zero-order chi connectivity index (χ0) is 15.9. The maximum atomic E-state index is 12.6. The van der Waals surface area contributed by atoms with Gasteiger partial charge in [0.1, 0.15) is 4.90 Å². The molecule has 0 aliphatic carbocycles. The van der Waals surface area contributed by atoms with E-state index in [0.29, 0.717) is 11.1 Å². The molecular weight excluding hydrogens is 276 g/mol. The van der Waals surface area contributed by atoms with Crippen molar-refractivity contribution in [1.82, 2.24) is 4.72 Å². The van der Waals surface area contributed by atoms with Gasteiger partial charge in [0.05, 0.1) is 16.8 Å². The van der Waals surface area contributed by atoms with Gasteiger partial charge in [-0.25, -0.2) is 13.1 Å². The standard InChI is InChI=1S/C14H24N2O3S/c1-9-7-8-10(2)12(11(9)15)20(18,19)16-13(3,4)14(5,6)17/h7-8,16-17H,15H2,1-6H3. The zero-order valence-corrected chi connectivity index (χ0v) is 13.7. The van der Waals surface area contributed by atoms with E-state index in [9.17, 15) is 13.5 Å². The molecule has 0 heterocycles. The number of nitrogens with one attached hydrogen (secondary N) is 1. The average Bonchev–Trinajstić information content (AvgIpc) is 2.20. The minimum atomic E-state index is -3.82. The molecule has 0 amide bonds. The summed E-state index contributed by atoms with van der Waals surface area (Å²) in [5, 5.41) is 10.1. The summed E-state index contributed by atoms with van der Waals surface area (Å²) in [6.45, 7) is 9.83. The van der Waals surface area contributed by atoms with E-state index in [0.717, 1.165) is 0 Å². The van der Waals surface area contributed by atoms with Gasteiger partial charge in [-0.1, -0.05) is 12.1 Å². The first-order valence-corrected chi connectivity index (χ1v) is 7.90. The van der Waals surface area contributed by atoms with Gasteiger partial charge in [-0.15, -0.1) is 0 Å². The van der Waals surface area contributed by atoms with E-state index in [4.69, 9.17) is 5.73 Å². The van der Waals surface area contributed by atoms with Crippen molar-refractivity contribution in [3.8, 4) is 0 Å². The van der Waals surface area contributed by atoms with E-state index in [2.05, 4.69) is 4.72 Å². The smallest absolute Gasteiger partial charge is 0.243 e. The Morgan fingerprint density at radius 3 is 2.00 bits per heavy atom. The lowest BCUT2D eigenvalue weighted by Gasteiger charge is -2.37. The fraction of sp³-hybridized carbons (Fsp3) is 0.571. The van der Waals surface area contributed by atoms with Gasteiger partial charge < -0.3 is 10.8 Å². The summed E-state index contributed by atoms with van der Waals surface area (Å²) in [4.78, 5) is 0.0785. The Balaban J connectivity index is 3.37. The van der Waals surface area contributed by atoms with Crippen LogP contribution in [0.4, 0.5) is 5.69 Å². The molecule has 0 unspecified atom stereocenters. The number of benzene rings is 1. The van der Waals surface area contributed by atoms with Crippen LogP contribution in [0.3, 0.4) is 0 Å². The van der Waals surface area contributed by atoms with Crippen LogP contribution in [0.25, 0.3) is 0 Å². The molecule has 1 aromatic rings. The summed E-state index contributed by atoms with van der Waals surface area (Å²) in [6, 6.07) is 3.50. The molecule has 0 saturated heterocycles. The Morgan fingerprint density at radius 1 is 1.10 bits per heavy atom. The van der Waals surface area contributed by atoms with E-state index in [1.165, 1.54) is 0 Å². The largest absolute Gasteiger partial charge is 0.397 e. The summed E-state index contributed by atoms with van der Waals surface area (Å²) in [5.41, 5.74) is 5.19.